The van der Waals surface area contributed by atoms with Crippen LogP contribution in [0, 0.1) is 5.92 Å². The largest absolute Gasteiger partial charge is 0.316 e. The highest BCUT2D eigenvalue weighted by Gasteiger charge is 2.02. The molecule has 1 aromatic heterocycles. The average molecular weight is 289 g/mol. The van der Waals surface area contributed by atoms with Gasteiger partial charge in [-0.05, 0) is 60.7 Å². The van der Waals surface area contributed by atoms with Crippen LogP contribution >= 0.6 is 11.3 Å². The van der Waals surface area contributed by atoms with Crippen molar-refractivity contribution in [3.8, 4) is 0 Å². The van der Waals surface area contributed by atoms with Crippen molar-refractivity contribution in [1.29, 1.82) is 0 Å². The Labute approximate surface area is 127 Å². The van der Waals surface area contributed by atoms with Gasteiger partial charge in [-0.1, -0.05) is 44.9 Å². The van der Waals surface area contributed by atoms with Crippen molar-refractivity contribution >= 4 is 21.4 Å². The molecular weight excluding hydrogens is 262 g/mol. The van der Waals surface area contributed by atoms with Crippen LogP contribution < -0.4 is 5.32 Å². The van der Waals surface area contributed by atoms with Crippen molar-refractivity contribution in [3.05, 3.63) is 35.2 Å². The number of aryl methyl sites for hydroxylation is 1. The van der Waals surface area contributed by atoms with Gasteiger partial charge in [0.25, 0.3) is 0 Å². The zero-order valence-electron chi connectivity index (χ0n) is 12.8. The van der Waals surface area contributed by atoms with Crippen LogP contribution in [0.1, 0.15) is 45.1 Å². The second-order valence-electron chi connectivity index (χ2n) is 6.02. The van der Waals surface area contributed by atoms with Gasteiger partial charge in [0.15, 0.2) is 0 Å². The van der Waals surface area contributed by atoms with E-state index in [2.05, 4.69) is 48.8 Å². The van der Waals surface area contributed by atoms with Crippen LogP contribution in [0.15, 0.2) is 29.6 Å². The topological polar surface area (TPSA) is 12.0 Å². The molecule has 2 aromatic rings. The van der Waals surface area contributed by atoms with Gasteiger partial charge in [0.2, 0.25) is 0 Å². The molecule has 0 aliphatic rings. The van der Waals surface area contributed by atoms with Crippen LogP contribution in [0.25, 0.3) is 10.1 Å². The molecule has 1 heterocycles. The van der Waals surface area contributed by atoms with E-state index >= 15 is 0 Å². The van der Waals surface area contributed by atoms with E-state index in [4.69, 9.17) is 0 Å². The van der Waals surface area contributed by atoms with Crippen LogP contribution in [-0.4, -0.2) is 13.1 Å². The Morgan fingerprint density at radius 2 is 1.85 bits per heavy atom. The molecule has 0 amide bonds. The lowest BCUT2D eigenvalue weighted by Gasteiger charge is -2.06. The van der Waals surface area contributed by atoms with E-state index in [1.54, 1.807) is 5.56 Å². The smallest absolute Gasteiger partial charge is 0.0345 e. The van der Waals surface area contributed by atoms with Gasteiger partial charge in [0.1, 0.15) is 0 Å². The summed E-state index contributed by atoms with van der Waals surface area (Å²) in [4.78, 5) is 0. The highest BCUT2D eigenvalue weighted by Crippen LogP contribution is 2.26. The number of hydrogen-bond donors (Lipinski definition) is 1. The second-order valence-corrected chi connectivity index (χ2v) is 6.93. The third-order valence-corrected chi connectivity index (χ3v) is 4.68. The summed E-state index contributed by atoms with van der Waals surface area (Å²) in [5.74, 6) is 0.766. The predicted molar refractivity (Wildman–Crippen MR) is 91.7 cm³/mol. The first-order valence-electron chi connectivity index (χ1n) is 7.93. The molecule has 0 aliphatic carbocycles. The zero-order valence-corrected chi connectivity index (χ0v) is 13.6. The van der Waals surface area contributed by atoms with Gasteiger partial charge in [0, 0.05) is 4.70 Å². The lowest BCUT2D eigenvalue weighted by atomic mass is 10.1. The molecule has 2 rings (SSSR count). The number of hydrogen-bond acceptors (Lipinski definition) is 2. The first kappa shape index (κ1) is 15.5. The molecule has 1 aromatic carbocycles. The van der Waals surface area contributed by atoms with Crippen LogP contribution in [0.2, 0.25) is 0 Å². The van der Waals surface area contributed by atoms with Crippen LogP contribution in [0.5, 0.6) is 0 Å². The SMILES string of the molecule is CC(C)CNCCCCCCc1csc2ccccc12. The predicted octanol–water partition coefficient (Wildman–Crippen LogP) is 5.25. The Balaban J connectivity index is 1.59. The molecule has 0 radical (unpaired) electrons. The molecule has 1 nitrogen and oxygen atoms in total. The monoisotopic (exact) mass is 289 g/mol. The third-order valence-electron chi connectivity index (χ3n) is 3.66. The molecule has 20 heavy (non-hydrogen) atoms. The number of nitrogens with one attached hydrogen (secondary N) is 1. The highest BCUT2D eigenvalue weighted by molar-refractivity contribution is 7.17. The minimum atomic E-state index is 0.766. The fourth-order valence-corrected chi connectivity index (χ4v) is 3.53. The zero-order chi connectivity index (χ0) is 14.2. The fourth-order valence-electron chi connectivity index (χ4n) is 2.54. The number of rotatable bonds is 9. The molecule has 0 spiro atoms. The number of fused-ring (bicyclic) bond motifs is 1. The Kier molecular flexibility index (Phi) is 6.55. The van der Waals surface area contributed by atoms with E-state index in [0.29, 0.717) is 0 Å². The van der Waals surface area contributed by atoms with Crippen molar-refractivity contribution in [2.45, 2.75) is 46.0 Å². The van der Waals surface area contributed by atoms with E-state index < -0.39 is 0 Å². The van der Waals surface area contributed by atoms with E-state index in [0.717, 1.165) is 12.5 Å². The average Bonchev–Trinajstić information content (AvgIpc) is 2.85. The highest BCUT2D eigenvalue weighted by atomic mass is 32.1. The van der Waals surface area contributed by atoms with Crippen molar-refractivity contribution in [2.24, 2.45) is 5.92 Å². The fraction of sp³-hybridized carbons (Fsp3) is 0.556. The number of thiophene rings is 1. The van der Waals surface area contributed by atoms with Gasteiger partial charge in [-0.2, -0.15) is 0 Å². The standard InChI is InChI=1S/C18H27NS/c1-15(2)13-19-12-8-4-3-5-9-16-14-20-18-11-7-6-10-17(16)18/h6-7,10-11,14-15,19H,3-5,8-9,12-13H2,1-2H3. The summed E-state index contributed by atoms with van der Waals surface area (Å²) >= 11 is 1.88. The molecular formula is C18H27NS. The van der Waals surface area contributed by atoms with Gasteiger partial charge in [-0.25, -0.2) is 0 Å². The molecule has 0 aliphatic heterocycles. The molecule has 0 saturated carbocycles. The van der Waals surface area contributed by atoms with Gasteiger partial charge in [0.05, 0.1) is 0 Å². The Bertz CT molecular complexity index is 501. The maximum Gasteiger partial charge on any atom is 0.0345 e. The van der Waals surface area contributed by atoms with Crippen molar-refractivity contribution in [1.82, 2.24) is 5.32 Å². The molecule has 0 atom stereocenters. The normalized spacial score (nSPS) is 11.6. The molecule has 110 valence electrons. The lowest BCUT2D eigenvalue weighted by Crippen LogP contribution is -2.20. The van der Waals surface area contributed by atoms with Gasteiger partial charge < -0.3 is 5.32 Å². The summed E-state index contributed by atoms with van der Waals surface area (Å²) in [5, 5.41) is 7.33. The van der Waals surface area contributed by atoms with Gasteiger partial charge >= 0.3 is 0 Å². The van der Waals surface area contributed by atoms with Crippen molar-refractivity contribution in [3.63, 3.8) is 0 Å². The number of unbranched alkanes of at least 4 members (excludes halogenated alkanes) is 3. The molecule has 1 N–H and O–H groups in total. The first-order valence-corrected chi connectivity index (χ1v) is 8.81. The molecule has 2 heteroatoms. The molecule has 0 saturated heterocycles. The Morgan fingerprint density at radius 3 is 2.70 bits per heavy atom. The summed E-state index contributed by atoms with van der Waals surface area (Å²) in [6, 6.07) is 8.77. The van der Waals surface area contributed by atoms with E-state index in [9.17, 15) is 0 Å². The van der Waals surface area contributed by atoms with Gasteiger partial charge in [-0.3, -0.25) is 0 Å². The maximum absolute atomic E-state index is 3.52. The molecule has 0 bridgehead atoms. The lowest BCUT2D eigenvalue weighted by molar-refractivity contribution is 0.526. The second kappa shape index (κ2) is 8.43. The van der Waals surface area contributed by atoms with E-state index in [-0.39, 0.29) is 0 Å². The van der Waals surface area contributed by atoms with Gasteiger partial charge in [-0.15, -0.1) is 11.3 Å². The summed E-state index contributed by atoms with van der Waals surface area (Å²) in [6.07, 6.45) is 6.59. The van der Waals surface area contributed by atoms with E-state index in [1.807, 2.05) is 11.3 Å². The minimum Gasteiger partial charge on any atom is -0.316 e. The maximum atomic E-state index is 3.52. The quantitative estimate of drug-likeness (QED) is 0.622. The first-order chi connectivity index (χ1) is 9.77. The third kappa shape index (κ3) is 4.92. The number of benzene rings is 1. The summed E-state index contributed by atoms with van der Waals surface area (Å²) in [6.45, 7) is 6.86. The Morgan fingerprint density at radius 1 is 1.05 bits per heavy atom. The summed E-state index contributed by atoms with van der Waals surface area (Å²) in [5.41, 5.74) is 1.54. The van der Waals surface area contributed by atoms with Crippen LogP contribution in [0.4, 0.5) is 0 Å². The van der Waals surface area contributed by atoms with Crippen LogP contribution in [0.3, 0.4) is 0 Å². The van der Waals surface area contributed by atoms with Crippen LogP contribution in [-0.2, 0) is 6.42 Å². The molecule has 0 unspecified atom stereocenters. The minimum absolute atomic E-state index is 0.766. The van der Waals surface area contributed by atoms with E-state index in [1.165, 1.54) is 48.7 Å². The van der Waals surface area contributed by atoms with Crippen molar-refractivity contribution < 1.29 is 0 Å². The Hall–Kier alpha value is -0.860. The van der Waals surface area contributed by atoms with Crippen molar-refractivity contribution in [2.75, 3.05) is 13.1 Å². The summed E-state index contributed by atoms with van der Waals surface area (Å²) < 4.78 is 1.43. The molecule has 0 fully saturated rings. The summed E-state index contributed by atoms with van der Waals surface area (Å²) in [7, 11) is 0.